The van der Waals surface area contributed by atoms with Crippen LogP contribution in [0.5, 0.6) is 0 Å². The Hall–Kier alpha value is -1.40. The molecule has 0 unspecified atom stereocenters. The number of aromatic nitrogens is 4. The number of rotatable bonds is 6. The lowest BCUT2D eigenvalue weighted by Gasteiger charge is -2.18. The summed E-state index contributed by atoms with van der Waals surface area (Å²) in [5.41, 5.74) is 1.37. The first-order chi connectivity index (χ1) is 8.72. The van der Waals surface area contributed by atoms with Crippen molar-refractivity contribution in [2.75, 3.05) is 25.1 Å². The number of imidazole rings is 1. The summed E-state index contributed by atoms with van der Waals surface area (Å²) in [4.78, 5) is 17.4. The van der Waals surface area contributed by atoms with Crippen LogP contribution in [0.3, 0.4) is 0 Å². The number of nitrogens with one attached hydrogen (secondary N) is 1. The molecule has 0 bridgehead atoms. The van der Waals surface area contributed by atoms with E-state index in [1.807, 2.05) is 11.9 Å². The zero-order valence-corrected chi connectivity index (χ0v) is 11.0. The van der Waals surface area contributed by atoms with E-state index < -0.39 is 0 Å². The zero-order valence-electron chi connectivity index (χ0n) is 10.2. The first-order valence-corrected chi connectivity index (χ1v) is 6.29. The van der Waals surface area contributed by atoms with Crippen LogP contribution in [0.2, 0.25) is 5.28 Å². The number of nitrogens with zero attached hydrogens (tertiary/aromatic N) is 4. The molecule has 0 saturated carbocycles. The van der Waals surface area contributed by atoms with Gasteiger partial charge in [0, 0.05) is 20.2 Å². The van der Waals surface area contributed by atoms with Gasteiger partial charge in [0.2, 0.25) is 5.28 Å². The van der Waals surface area contributed by atoms with E-state index in [9.17, 15) is 0 Å². The maximum atomic E-state index is 8.73. The fraction of sp³-hybridized carbons (Fsp3) is 0.545. The maximum absolute atomic E-state index is 8.73. The molecule has 0 aliphatic rings. The lowest BCUT2D eigenvalue weighted by molar-refractivity contribution is 0.283. The SMILES string of the molecule is CN(CCCCCO)c1nc(Cl)nc2nc[nH]c12. The van der Waals surface area contributed by atoms with E-state index >= 15 is 0 Å². The summed E-state index contributed by atoms with van der Waals surface area (Å²) >= 11 is 5.87. The number of aliphatic hydroxyl groups excluding tert-OH is 1. The highest BCUT2D eigenvalue weighted by atomic mass is 35.5. The zero-order chi connectivity index (χ0) is 13.0. The number of aromatic amines is 1. The van der Waals surface area contributed by atoms with Crippen LogP contribution in [-0.4, -0.2) is 45.2 Å². The highest BCUT2D eigenvalue weighted by molar-refractivity contribution is 6.28. The van der Waals surface area contributed by atoms with Crippen LogP contribution in [0.1, 0.15) is 19.3 Å². The first-order valence-electron chi connectivity index (χ1n) is 5.91. The summed E-state index contributed by atoms with van der Waals surface area (Å²) < 4.78 is 0. The number of unbranched alkanes of at least 4 members (excludes halogenated alkanes) is 2. The molecule has 98 valence electrons. The van der Waals surface area contributed by atoms with Crippen LogP contribution in [0, 0.1) is 0 Å². The number of hydrogen-bond donors (Lipinski definition) is 2. The third-order valence-corrected chi connectivity index (χ3v) is 2.92. The van der Waals surface area contributed by atoms with E-state index in [0.29, 0.717) is 5.65 Å². The molecule has 2 rings (SSSR count). The van der Waals surface area contributed by atoms with Gasteiger partial charge in [0.15, 0.2) is 11.5 Å². The molecule has 0 radical (unpaired) electrons. The average molecular weight is 270 g/mol. The summed E-state index contributed by atoms with van der Waals surface area (Å²) in [6.07, 6.45) is 4.40. The van der Waals surface area contributed by atoms with Gasteiger partial charge in [0.05, 0.1) is 6.33 Å². The Labute approximate surface area is 110 Å². The Bertz CT molecular complexity index is 515. The maximum Gasteiger partial charge on any atom is 0.226 e. The molecule has 0 fully saturated rings. The van der Waals surface area contributed by atoms with E-state index in [4.69, 9.17) is 16.7 Å². The smallest absolute Gasteiger partial charge is 0.226 e. The van der Waals surface area contributed by atoms with Crippen molar-refractivity contribution in [1.29, 1.82) is 0 Å². The fourth-order valence-corrected chi connectivity index (χ4v) is 1.97. The van der Waals surface area contributed by atoms with Gasteiger partial charge in [-0.25, -0.2) is 4.98 Å². The summed E-state index contributed by atoms with van der Waals surface area (Å²) in [7, 11) is 1.96. The molecule has 0 saturated heterocycles. The van der Waals surface area contributed by atoms with Crippen molar-refractivity contribution in [3.8, 4) is 0 Å². The minimum absolute atomic E-state index is 0.201. The Morgan fingerprint density at radius 3 is 2.94 bits per heavy atom. The van der Waals surface area contributed by atoms with E-state index in [2.05, 4.69) is 19.9 Å². The first kappa shape index (κ1) is 13.0. The predicted molar refractivity (Wildman–Crippen MR) is 70.9 cm³/mol. The van der Waals surface area contributed by atoms with E-state index in [1.165, 1.54) is 0 Å². The number of aliphatic hydroxyl groups is 1. The molecule has 2 heterocycles. The second-order valence-electron chi connectivity index (χ2n) is 4.12. The minimum Gasteiger partial charge on any atom is -0.396 e. The number of hydrogen-bond acceptors (Lipinski definition) is 5. The van der Waals surface area contributed by atoms with E-state index in [1.54, 1.807) is 6.33 Å². The van der Waals surface area contributed by atoms with Crippen LogP contribution >= 0.6 is 11.6 Å². The number of fused-ring (bicyclic) bond motifs is 1. The third-order valence-electron chi connectivity index (χ3n) is 2.75. The minimum atomic E-state index is 0.201. The van der Waals surface area contributed by atoms with E-state index in [0.717, 1.165) is 37.1 Å². The van der Waals surface area contributed by atoms with Gasteiger partial charge in [-0.2, -0.15) is 9.97 Å². The standard InChI is InChI=1S/C11H16ClN5O/c1-17(5-3-2-4-6-18)10-8-9(14-7-13-8)15-11(12)16-10/h7,18H,2-6H2,1H3,(H,13,14,15,16). The Kier molecular flexibility index (Phi) is 4.33. The van der Waals surface area contributed by atoms with Crippen LogP contribution in [-0.2, 0) is 0 Å². The van der Waals surface area contributed by atoms with Crippen molar-refractivity contribution in [2.45, 2.75) is 19.3 Å². The van der Waals surface area contributed by atoms with Gasteiger partial charge in [-0.3, -0.25) is 0 Å². The van der Waals surface area contributed by atoms with Gasteiger partial charge < -0.3 is 15.0 Å². The fourth-order valence-electron chi connectivity index (χ4n) is 1.81. The molecule has 0 atom stereocenters. The molecule has 0 aliphatic heterocycles. The van der Waals surface area contributed by atoms with Crippen molar-refractivity contribution >= 4 is 28.6 Å². The highest BCUT2D eigenvalue weighted by Gasteiger charge is 2.12. The van der Waals surface area contributed by atoms with Crippen molar-refractivity contribution in [3.63, 3.8) is 0 Å². The second kappa shape index (κ2) is 5.97. The summed E-state index contributed by atoms with van der Waals surface area (Å²) in [5.74, 6) is 0.756. The molecule has 0 amide bonds. The van der Waals surface area contributed by atoms with Crippen molar-refractivity contribution in [3.05, 3.63) is 11.6 Å². The molecule has 18 heavy (non-hydrogen) atoms. The average Bonchev–Trinajstić information content (AvgIpc) is 2.81. The van der Waals surface area contributed by atoms with Gasteiger partial charge in [-0.1, -0.05) is 0 Å². The van der Waals surface area contributed by atoms with Crippen molar-refractivity contribution in [1.82, 2.24) is 19.9 Å². The quantitative estimate of drug-likeness (QED) is 0.615. The largest absolute Gasteiger partial charge is 0.396 e. The highest BCUT2D eigenvalue weighted by Crippen LogP contribution is 2.21. The lowest BCUT2D eigenvalue weighted by atomic mass is 10.2. The van der Waals surface area contributed by atoms with E-state index in [-0.39, 0.29) is 11.9 Å². The third kappa shape index (κ3) is 2.88. The van der Waals surface area contributed by atoms with Gasteiger partial charge in [0.25, 0.3) is 0 Å². The van der Waals surface area contributed by atoms with Gasteiger partial charge in [-0.05, 0) is 30.9 Å². The Morgan fingerprint density at radius 2 is 2.17 bits per heavy atom. The second-order valence-corrected chi connectivity index (χ2v) is 4.46. The summed E-state index contributed by atoms with van der Waals surface area (Å²) in [6, 6.07) is 0. The molecule has 7 heteroatoms. The molecule has 0 aromatic carbocycles. The Balaban J connectivity index is 2.11. The van der Waals surface area contributed by atoms with Crippen LogP contribution in [0.4, 0.5) is 5.82 Å². The number of halogens is 1. The van der Waals surface area contributed by atoms with Crippen LogP contribution < -0.4 is 4.90 Å². The van der Waals surface area contributed by atoms with Gasteiger partial charge in [-0.15, -0.1) is 0 Å². The molecule has 6 nitrogen and oxygen atoms in total. The predicted octanol–water partition coefficient (Wildman–Crippen LogP) is 1.61. The monoisotopic (exact) mass is 269 g/mol. The van der Waals surface area contributed by atoms with Crippen LogP contribution in [0.15, 0.2) is 6.33 Å². The number of anilines is 1. The molecule has 0 aliphatic carbocycles. The number of H-pyrrole nitrogens is 1. The molecule has 2 N–H and O–H groups in total. The summed E-state index contributed by atoms with van der Waals surface area (Å²) in [5, 5.41) is 8.93. The summed E-state index contributed by atoms with van der Waals surface area (Å²) in [6.45, 7) is 1.09. The molecule has 2 aromatic heterocycles. The van der Waals surface area contributed by atoms with Crippen molar-refractivity contribution < 1.29 is 5.11 Å². The topological polar surface area (TPSA) is 77.9 Å². The molecule has 2 aromatic rings. The Morgan fingerprint density at radius 1 is 1.33 bits per heavy atom. The van der Waals surface area contributed by atoms with Gasteiger partial charge >= 0.3 is 0 Å². The van der Waals surface area contributed by atoms with Crippen molar-refractivity contribution in [2.24, 2.45) is 0 Å². The molecular weight excluding hydrogens is 254 g/mol. The molecule has 0 spiro atoms. The van der Waals surface area contributed by atoms with Crippen LogP contribution in [0.25, 0.3) is 11.2 Å². The lowest BCUT2D eigenvalue weighted by Crippen LogP contribution is -2.20. The normalized spacial score (nSPS) is 11.1. The van der Waals surface area contributed by atoms with Gasteiger partial charge in [0.1, 0.15) is 5.52 Å². The molecular formula is C11H16ClN5O.